The number of imide groups is 1. The summed E-state index contributed by atoms with van der Waals surface area (Å²) < 4.78 is 5.16. The highest BCUT2D eigenvalue weighted by Gasteiger charge is 2.67. The molecule has 2 amide bonds. The van der Waals surface area contributed by atoms with Gasteiger partial charge in [-0.2, -0.15) is 0 Å². The van der Waals surface area contributed by atoms with Gasteiger partial charge in [0.15, 0.2) is 11.4 Å². The van der Waals surface area contributed by atoms with Crippen LogP contribution in [-0.4, -0.2) is 86.5 Å². The number of ether oxygens (including phenoxy) is 1. The quantitative estimate of drug-likeness (QED) is 0.195. The van der Waals surface area contributed by atoms with E-state index in [4.69, 9.17) is 4.74 Å². The number of rotatable bonds is 3. The topological polar surface area (TPSA) is 191 Å². The molecule has 0 aliphatic heterocycles. The predicted molar refractivity (Wildman–Crippen MR) is 125 cm³/mol. The average molecular weight is 514 g/mol. The number of amides is 2. The molecule has 1 aromatic rings. The molecular weight excluding hydrogens is 488 g/mol. The second-order valence-corrected chi connectivity index (χ2v) is 9.58. The summed E-state index contributed by atoms with van der Waals surface area (Å²) in [5.41, 5.74) is -4.03. The van der Waals surface area contributed by atoms with Crippen molar-refractivity contribution >= 4 is 35.1 Å². The van der Waals surface area contributed by atoms with Crippen LogP contribution in [0.3, 0.4) is 0 Å². The van der Waals surface area contributed by atoms with Crippen LogP contribution >= 0.6 is 0 Å². The van der Waals surface area contributed by atoms with Gasteiger partial charge in [-0.3, -0.25) is 34.2 Å². The van der Waals surface area contributed by atoms with Crippen molar-refractivity contribution in [1.29, 1.82) is 0 Å². The van der Waals surface area contributed by atoms with Gasteiger partial charge in [-0.25, -0.2) is 0 Å². The number of carbonyl (C=O) groups is 5. The van der Waals surface area contributed by atoms with Gasteiger partial charge < -0.3 is 25.2 Å². The van der Waals surface area contributed by atoms with Gasteiger partial charge in [-0.15, -0.1) is 0 Å². The average Bonchev–Trinajstić information content (AvgIpc) is 2.78. The lowest BCUT2D eigenvalue weighted by Crippen LogP contribution is -2.70. The Morgan fingerprint density at radius 3 is 2.35 bits per heavy atom. The molecule has 1 fully saturated rings. The van der Waals surface area contributed by atoms with Crippen LogP contribution in [0, 0.1) is 11.8 Å². The highest BCUT2D eigenvalue weighted by atomic mass is 16.5. The van der Waals surface area contributed by atoms with Crippen molar-refractivity contribution in [2.45, 2.75) is 38.0 Å². The number of hydrogen-bond donors (Lipinski definition) is 5. The summed E-state index contributed by atoms with van der Waals surface area (Å²) in [4.78, 5) is 64.2. The van der Waals surface area contributed by atoms with Gasteiger partial charge in [0.05, 0.1) is 23.6 Å². The molecular formula is C25H26N2O10. The molecule has 0 heterocycles. The largest absolute Gasteiger partial charge is 0.508 e. The smallest absolute Gasteiger partial charge is 0.308 e. The third-order valence-electron chi connectivity index (χ3n) is 7.05. The van der Waals surface area contributed by atoms with Crippen molar-refractivity contribution in [2.24, 2.45) is 11.8 Å². The predicted octanol–water partition coefficient (Wildman–Crippen LogP) is -0.668. The summed E-state index contributed by atoms with van der Waals surface area (Å²) in [6, 6.07) is 3.10. The van der Waals surface area contributed by atoms with Gasteiger partial charge in [-0.05, 0) is 32.1 Å². The number of benzene rings is 1. The van der Waals surface area contributed by atoms with Gasteiger partial charge in [-0.1, -0.05) is 12.1 Å². The Bertz CT molecular complexity index is 1330. The van der Waals surface area contributed by atoms with Gasteiger partial charge in [0.1, 0.15) is 22.8 Å². The monoisotopic (exact) mass is 514 g/mol. The van der Waals surface area contributed by atoms with Crippen molar-refractivity contribution in [1.82, 2.24) is 10.2 Å². The van der Waals surface area contributed by atoms with Crippen LogP contribution in [0.1, 0.15) is 25.0 Å². The molecule has 0 bridgehead atoms. The molecule has 3 aliphatic rings. The zero-order valence-electron chi connectivity index (χ0n) is 20.4. The summed E-state index contributed by atoms with van der Waals surface area (Å²) >= 11 is 0. The van der Waals surface area contributed by atoms with Crippen molar-refractivity contribution < 1.29 is 49.1 Å². The summed E-state index contributed by atoms with van der Waals surface area (Å²) in [5, 5.41) is 47.2. The first-order valence-corrected chi connectivity index (χ1v) is 11.4. The molecule has 0 saturated heterocycles. The van der Waals surface area contributed by atoms with E-state index in [1.807, 2.05) is 5.32 Å². The maximum atomic E-state index is 13.9. The number of nitrogens with zero attached hydrogens (tertiary/aromatic N) is 1. The summed E-state index contributed by atoms with van der Waals surface area (Å²) in [7, 11) is 2.85. The van der Waals surface area contributed by atoms with E-state index in [0.717, 1.165) is 13.8 Å². The molecule has 0 radical (unpaired) electrons. The van der Waals surface area contributed by atoms with Gasteiger partial charge >= 0.3 is 5.97 Å². The lowest BCUT2D eigenvalue weighted by atomic mass is 9.56. The summed E-state index contributed by atoms with van der Waals surface area (Å²) in [6.45, 7) is 2.14. The van der Waals surface area contributed by atoms with Crippen LogP contribution in [0.5, 0.6) is 5.75 Å². The minimum Gasteiger partial charge on any atom is -0.508 e. The third kappa shape index (κ3) is 3.76. The first-order chi connectivity index (χ1) is 17.2. The molecule has 196 valence electrons. The zero-order chi connectivity index (χ0) is 27.6. The molecule has 0 spiro atoms. The van der Waals surface area contributed by atoms with Gasteiger partial charge in [0.25, 0.3) is 5.91 Å². The maximum Gasteiger partial charge on any atom is 0.308 e. The molecule has 5 atom stereocenters. The molecule has 1 aromatic carbocycles. The normalized spacial score (nSPS) is 28.9. The Morgan fingerprint density at radius 2 is 1.78 bits per heavy atom. The van der Waals surface area contributed by atoms with Crippen LogP contribution < -0.4 is 10.1 Å². The maximum absolute atomic E-state index is 13.9. The van der Waals surface area contributed by atoms with E-state index >= 15 is 0 Å². The Balaban J connectivity index is 1.99. The molecule has 12 nitrogen and oxygen atoms in total. The Kier molecular flexibility index (Phi) is 6.31. The number of fused-ring (bicyclic) bond motifs is 3. The number of nitrogens with one attached hydrogen (secondary N) is 1. The first kappa shape index (κ1) is 26.2. The van der Waals surface area contributed by atoms with E-state index in [2.05, 4.69) is 0 Å². The molecule has 5 N–H and O–H groups in total. The number of Topliss-reactive ketones (excluding diaryl/α,β-unsaturated/α-hetero) is 2. The van der Waals surface area contributed by atoms with Gasteiger partial charge in [0, 0.05) is 25.3 Å². The highest BCUT2D eigenvalue weighted by Crippen LogP contribution is 2.52. The van der Waals surface area contributed by atoms with Crippen LogP contribution in [0.15, 0.2) is 35.1 Å². The number of hydrogen-bond acceptors (Lipinski definition) is 11. The fourth-order valence-corrected chi connectivity index (χ4v) is 5.62. The van der Waals surface area contributed by atoms with E-state index in [1.54, 1.807) is 12.1 Å². The van der Waals surface area contributed by atoms with E-state index in [9.17, 15) is 44.4 Å². The highest BCUT2D eigenvalue weighted by molar-refractivity contribution is 6.27. The minimum absolute atomic E-state index is 0.000566. The third-order valence-corrected chi connectivity index (χ3v) is 7.05. The number of likely N-dealkylation sites (N-methyl/N-ethyl adjacent to an activating group) is 1. The van der Waals surface area contributed by atoms with E-state index in [-0.39, 0.29) is 17.7 Å². The standard InChI is InChI=1S/C25H26N2O10/c1-9(28)26-24(35)16-21(32)18(27(3)4)17-19(30)12-8-11-6-5-7-13(37-10(2)29)14(11)20(31)15(12)22(33)25(17,36)23(16)34/h5-7,12,17-19,30-31,34,36H,8H2,1-4H3,(H,26,28,35)/t12-,17-,18+,19+,25+/m1/s1. The molecule has 0 unspecified atom stereocenters. The summed E-state index contributed by atoms with van der Waals surface area (Å²) in [5.74, 6) is -9.93. The second-order valence-electron chi connectivity index (χ2n) is 9.58. The number of aliphatic hydroxyl groups is 4. The summed E-state index contributed by atoms with van der Waals surface area (Å²) in [6.07, 6.45) is -1.68. The molecule has 12 heteroatoms. The SMILES string of the molecule is CC(=O)NC(=O)C1=C(O)[C@@]2(O)C(=O)C3=C(O)c4c(cccc4OC(C)=O)C[C@H]3[C@H](O)[C@H]2[C@H](N(C)C)C1=O. The zero-order valence-corrected chi connectivity index (χ0v) is 20.4. The Morgan fingerprint density at radius 1 is 1.14 bits per heavy atom. The Hall–Kier alpha value is -3.87. The van der Waals surface area contributed by atoms with Crippen molar-refractivity contribution in [3.8, 4) is 5.75 Å². The van der Waals surface area contributed by atoms with Crippen LogP contribution in [-0.2, 0) is 30.4 Å². The minimum atomic E-state index is -3.00. The lowest BCUT2D eigenvalue weighted by Gasteiger charge is -2.52. The Labute approximate surface area is 210 Å². The molecule has 3 aliphatic carbocycles. The number of esters is 1. The van der Waals surface area contributed by atoms with Crippen LogP contribution in [0.2, 0.25) is 0 Å². The van der Waals surface area contributed by atoms with E-state index in [0.29, 0.717) is 5.56 Å². The molecule has 4 rings (SSSR count). The number of aliphatic hydroxyl groups excluding tert-OH is 3. The van der Waals surface area contributed by atoms with Crippen LogP contribution in [0.25, 0.3) is 5.76 Å². The second kappa shape index (κ2) is 8.91. The fraction of sp³-hybridized carbons (Fsp3) is 0.400. The van der Waals surface area contributed by atoms with Crippen molar-refractivity contribution in [2.75, 3.05) is 14.1 Å². The molecule has 1 saturated carbocycles. The van der Waals surface area contributed by atoms with Gasteiger partial charge in [0.2, 0.25) is 11.7 Å². The molecule has 0 aromatic heterocycles. The fourth-order valence-electron chi connectivity index (χ4n) is 5.62. The van der Waals surface area contributed by atoms with E-state index in [1.165, 1.54) is 25.1 Å². The lowest BCUT2D eigenvalue weighted by molar-refractivity contribution is -0.168. The number of carbonyl (C=O) groups excluding carboxylic acids is 5. The van der Waals surface area contributed by atoms with Crippen LogP contribution in [0.4, 0.5) is 0 Å². The number of ketones is 2. The molecule has 37 heavy (non-hydrogen) atoms. The van der Waals surface area contributed by atoms with Crippen molar-refractivity contribution in [3.63, 3.8) is 0 Å². The first-order valence-electron chi connectivity index (χ1n) is 11.4. The van der Waals surface area contributed by atoms with E-state index < -0.39 is 81.6 Å². The van der Waals surface area contributed by atoms with Crippen molar-refractivity contribution in [3.05, 3.63) is 46.2 Å².